The fraction of sp³-hybridized carbons (Fsp3) is 0.211. The Balaban J connectivity index is 1.56. The predicted octanol–water partition coefficient (Wildman–Crippen LogP) is 4.61. The van der Waals surface area contributed by atoms with Crippen molar-refractivity contribution in [3.63, 3.8) is 0 Å². The number of nitrogens with one attached hydrogen (secondary N) is 1. The SMILES string of the molecule is CSc1ccc2nc(NCc3ccc4c(c3)OCO4)cc(C)c2c1. The Morgan fingerprint density at radius 1 is 1.08 bits per heavy atom. The van der Waals surface area contributed by atoms with Crippen LogP contribution in [0.4, 0.5) is 5.82 Å². The molecule has 0 amide bonds. The average molecular weight is 338 g/mol. The van der Waals surface area contributed by atoms with Crippen LogP contribution in [0.3, 0.4) is 0 Å². The van der Waals surface area contributed by atoms with Crippen LogP contribution in [0.25, 0.3) is 10.9 Å². The second-order valence-corrected chi connectivity index (χ2v) is 6.63. The molecule has 4 nitrogen and oxygen atoms in total. The molecule has 0 bridgehead atoms. The number of ether oxygens (including phenoxy) is 2. The van der Waals surface area contributed by atoms with E-state index in [2.05, 4.69) is 42.8 Å². The summed E-state index contributed by atoms with van der Waals surface area (Å²) in [6.45, 7) is 3.12. The summed E-state index contributed by atoms with van der Waals surface area (Å²) in [7, 11) is 0. The van der Waals surface area contributed by atoms with E-state index in [1.54, 1.807) is 11.8 Å². The van der Waals surface area contributed by atoms with Gasteiger partial charge in [0.2, 0.25) is 6.79 Å². The fourth-order valence-electron chi connectivity index (χ4n) is 2.83. The predicted molar refractivity (Wildman–Crippen MR) is 98.2 cm³/mol. The Labute approximate surface area is 145 Å². The molecule has 5 heteroatoms. The molecule has 2 aromatic carbocycles. The first-order valence-corrected chi connectivity index (χ1v) is 9.03. The zero-order valence-corrected chi connectivity index (χ0v) is 14.4. The van der Waals surface area contributed by atoms with Crippen molar-refractivity contribution in [2.45, 2.75) is 18.4 Å². The fourth-order valence-corrected chi connectivity index (χ4v) is 3.27. The minimum Gasteiger partial charge on any atom is -0.454 e. The summed E-state index contributed by atoms with van der Waals surface area (Å²) in [5.74, 6) is 2.50. The van der Waals surface area contributed by atoms with Gasteiger partial charge in [-0.05, 0) is 60.7 Å². The van der Waals surface area contributed by atoms with Crippen LogP contribution in [-0.4, -0.2) is 18.0 Å². The van der Waals surface area contributed by atoms with Gasteiger partial charge in [0.15, 0.2) is 11.5 Å². The Kier molecular flexibility index (Phi) is 3.94. The minimum atomic E-state index is 0.301. The largest absolute Gasteiger partial charge is 0.454 e. The topological polar surface area (TPSA) is 43.4 Å². The molecular weight excluding hydrogens is 320 g/mol. The summed E-state index contributed by atoms with van der Waals surface area (Å²) in [5.41, 5.74) is 3.38. The van der Waals surface area contributed by atoms with E-state index in [9.17, 15) is 0 Å². The molecule has 1 N–H and O–H groups in total. The highest BCUT2D eigenvalue weighted by Crippen LogP contribution is 2.32. The van der Waals surface area contributed by atoms with E-state index in [0.717, 1.165) is 28.4 Å². The number of hydrogen-bond acceptors (Lipinski definition) is 5. The minimum absolute atomic E-state index is 0.301. The molecule has 3 aromatic rings. The third-order valence-electron chi connectivity index (χ3n) is 4.13. The number of hydrogen-bond donors (Lipinski definition) is 1. The number of thioether (sulfide) groups is 1. The highest BCUT2D eigenvalue weighted by molar-refractivity contribution is 7.98. The van der Waals surface area contributed by atoms with Crippen molar-refractivity contribution in [2.75, 3.05) is 18.4 Å². The lowest BCUT2D eigenvalue weighted by Crippen LogP contribution is -2.02. The van der Waals surface area contributed by atoms with E-state index in [-0.39, 0.29) is 0 Å². The number of aryl methyl sites for hydroxylation is 1. The molecule has 0 saturated carbocycles. The second kappa shape index (κ2) is 6.24. The van der Waals surface area contributed by atoms with Gasteiger partial charge in [-0.25, -0.2) is 4.98 Å². The van der Waals surface area contributed by atoms with Crippen LogP contribution in [0.1, 0.15) is 11.1 Å². The van der Waals surface area contributed by atoms with Gasteiger partial charge in [0, 0.05) is 16.8 Å². The number of pyridine rings is 1. The van der Waals surface area contributed by atoms with Gasteiger partial charge in [0.05, 0.1) is 5.52 Å². The average Bonchev–Trinajstić information content (AvgIpc) is 3.07. The smallest absolute Gasteiger partial charge is 0.231 e. The lowest BCUT2D eigenvalue weighted by atomic mass is 10.1. The molecule has 122 valence electrons. The molecular formula is C19H18N2O2S. The molecule has 4 rings (SSSR count). The van der Waals surface area contributed by atoms with Crippen LogP contribution in [0.2, 0.25) is 0 Å². The van der Waals surface area contributed by atoms with Crippen LogP contribution in [0.5, 0.6) is 11.5 Å². The molecule has 0 fully saturated rings. The molecule has 0 atom stereocenters. The van der Waals surface area contributed by atoms with E-state index in [1.807, 2.05) is 18.2 Å². The molecule has 1 aliphatic rings. The maximum Gasteiger partial charge on any atom is 0.231 e. The molecule has 0 saturated heterocycles. The van der Waals surface area contributed by atoms with Crippen LogP contribution >= 0.6 is 11.8 Å². The monoisotopic (exact) mass is 338 g/mol. The molecule has 0 unspecified atom stereocenters. The quantitative estimate of drug-likeness (QED) is 0.704. The van der Waals surface area contributed by atoms with Gasteiger partial charge in [-0.3, -0.25) is 0 Å². The van der Waals surface area contributed by atoms with Crippen LogP contribution in [0.15, 0.2) is 47.4 Å². The molecule has 0 aliphatic carbocycles. The summed E-state index contributed by atoms with van der Waals surface area (Å²) < 4.78 is 10.8. The summed E-state index contributed by atoms with van der Waals surface area (Å²) in [6, 6.07) is 14.5. The van der Waals surface area contributed by atoms with E-state index >= 15 is 0 Å². The number of benzene rings is 2. The van der Waals surface area contributed by atoms with Crippen LogP contribution in [-0.2, 0) is 6.54 Å². The van der Waals surface area contributed by atoms with Crippen molar-refractivity contribution < 1.29 is 9.47 Å². The number of aromatic nitrogens is 1. The highest BCUT2D eigenvalue weighted by atomic mass is 32.2. The third kappa shape index (κ3) is 2.87. The number of fused-ring (bicyclic) bond motifs is 2. The Morgan fingerprint density at radius 2 is 1.96 bits per heavy atom. The zero-order valence-electron chi connectivity index (χ0n) is 13.6. The van der Waals surface area contributed by atoms with E-state index in [4.69, 9.17) is 14.5 Å². The van der Waals surface area contributed by atoms with Gasteiger partial charge in [-0.1, -0.05) is 6.07 Å². The molecule has 24 heavy (non-hydrogen) atoms. The molecule has 1 aliphatic heterocycles. The van der Waals surface area contributed by atoms with Crippen molar-refractivity contribution in [3.05, 3.63) is 53.6 Å². The number of rotatable bonds is 4. The maximum atomic E-state index is 5.42. The summed E-state index contributed by atoms with van der Waals surface area (Å²) in [4.78, 5) is 5.98. The normalized spacial score (nSPS) is 12.6. The van der Waals surface area contributed by atoms with E-state index < -0.39 is 0 Å². The van der Waals surface area contributed by atoms with Crippen molar-refractivity contribution in [3.8, 4) is 11.5 Å². The molecule has 0 radical (unpaired) electrons. The summed E-state index contributed by atoms with van der Waals surface area (Å²) in [6.07, 6.45) is 2.09. The highest BCUT2D eigenvalue weighted by Gasteiger charge is 2.13. The molecule has 1 aromatic heterocycles. The van der Waals surface area contributed by atoms with Gasteiger partial charge < -0.3 is 14.8 Å². The van der Waals surface area contributed by atoms with Gasteiger partial charge in [0.1, 0.15) is 5.82 Å². The number of nitrogens with zero attached hydrogens (tertiary/aromatic N) is 1. The van der Waals surface area contributed by atoms with Crippen molar-refractivity contribution in [1.82, 2.24) is 4.98 Å². The first-order chi connectivity index (χ1) is 11.7. The van der Waals surface area contributed by atoms with Gasteiger partial charge in [0.25, 0.3) is 0 Å². The van der Waals surface area contributed by atoms with E-state index in [0.29, 0.717) is 13.3 Å². The Bertz CT molecular complexity index is 911. The number of anilines is 1. The second-order valence-electron chi connectivity index (χ2n) is 5.75. The van der Waals surface area contributed by atoms with Crippen molar-refractivity contribution in [1.29, 1.82) is 0 Å². The molecule has 2 heterocycles. The first-order valence-electron chi connectivity index (χ1n) is 7.81. The lowest BCUT2D eigenvalue weighted by molar-refractivity contribution is 0.174. The standard InChI is InChI=1S/C19H18N2O2S/c1-12-7-19(21-16-5-4-14(24-2)9-15(12)16)20-10-13-3-6-17-18(8-13)23-11-22-17/h3-9H,10-11H2,1-2H3,(H,20,21). The van der Waals surface area contributed by atoms with E-state index in [1.165, 1.54) is 15.8 Å². The summed E-state index contributed by atoms with van der Waals surface area (Å²) >= 11 is 1.75. The molecule has 0 spiro atoms. The first kappa shape index (κ1) is 15.1. The van der Waals surface area contributed by atoms with Gasteiger partial charge >= 0.3 is 0 Å². The maximum absolute atomic E-state index is 5.42. The lowest BCUT2D eigenvalue weighted by Gasteiger charge is -2.10. The van der Waals surface area contributed by atoms with Gasteiger partial charge in [-0.2, -0.15) is 0 Å². The third-order valence-corrected chi connectivity index (χ3v) is 4.86. The van der Waals surface area contributed by atoms with Gasteiger partial charge in [-0.15, -0.1) is 11.8 Å². The Hall–Kier alpha value is -2.40. The van der Waals surface area contributed by atoms with Crippen LogP contribution < -0.4 is 14.8 Å². The summed E-state index contributed by atoms with van der Waals surface area (Å²) in [5, 5.41) is 4.61. The Morgan fingerprint density at radius 3 is 2.83 bits per heavy atom. The van der Waals surface area contributed by atoms with Crippen LogP contribution in [0, 0.1) is 6.92 Å². The van der Waals surface area contributed by atoms with Crippen molar-refractivity contribution in [2.24, 2.45) is 0 Å². The van der Waals surface area contributed by atoms with Crippen molar-refractivity contribution >= 4 is 28.5 Å². The zero-order chi connectivity index (χ0) is 16.5.